The molecular formula is C18H28BrN3O2S. The minimum Gasteiger partial charge on any atom is -0.300 e. The molecule has 0 unspecified atom stereocenters. The van der Waals surface area contributed by atoms with Crippen LogP contribution in [0.3, 0.4) is 0 Å². The van der Waals surface area contributed by atoms with Crippen LogP contribution in [0.25, 0.3) is 0 Å². The number of nitrogens with zero attached hydrogens (tertiary/aromatic N) is 3. The Bertz CT molecular complexity index is 738. The van der Waals surface area contributed by atoms with Crippen molar-refractivity contribution in [1.82, 2.24) is 14.7 Å². The van der Waals surface area contributed by atoms with Crippen molar-refractivity contribution >= 4 is 25.8 Å². The molecule has 4 rings (SSSR count). The second kappa shape index (κ2) is 6.34. The quantitative estimate of drug-likeness (QED) is 0.738. The fourth-order valence-electron chi connectivity index (χ4n) is 5.24. The van der Waals surface area contributed by atoms with Crippen LogP contribution in [0, 0.1) is 5.41 Å². The molecule has 2 saturated heterocycles. The van der Waals surface area contributed by atoms with Gasteiger partial charge in [0, 0.05) is 35.7 Å². The smallest absolute Gasteiger partial charge is 0.151 e. The zero-order chi connectivity index (χ0) is 17.8. The van der Waals surface area contributed by atoms with E-state index in [0.29, 0.717) is 29.5 Å². The Morgan fingerprint density at radius 2 is 1.92 bits per heavy atom. The van der Waals surface area contributed by atoms with E-state index in [0.717, 1.165) is 24.1 Å². The topological polar surface area (TPSA) is 55.2 Å². The molecule has 0 N–H and O–H groups in total. The van der Waals surface area contributed by atoms with Crippen molar-refractivity contribution in [3.8, 4) is 0 Å². The minimum absolute atomic E-state index is 0.0941. The molecule has 3 aliphatic rings. The summed E-state index contributed by atoms with van der Waals surface area (Å²) in [7, 11) is -2.72. The van der Waals surface area contributed by atoms with Gasteiger partial charge in [-0.2, -0.15) is 5.10 Å². The maximum Gasteiger partial charge on any atom is 0.151 e. The third kappa shape index (κ3) is 3.44. The normalized spacial score (nSPS) is 31.5. The van der Waals surface area contributed by atoms with Crippen molar-refractivity contribution < 1.29 is 8.42 Å². The van der Waals surface area contributed by atoms with Gasteiger partial charge in [0.05, 0.1) is 11.5 Å². The largest absolute Gasteiger partial charge is 0.300 e. The molecule has 1 aromatic rings. The molecule has 0 bridgehead atoms. The maximum absolute atomic E-state index is 11.6. The number of sulfone groups is 1. The molecule has 5 nitrogen and oxygen atoms in total. The number of hydrogen-bond donors (Lipinski definition) is 0. The third-order valence-electron chi connectivity index (χ3n) is 6.38. The molecular weight excluding hydrogens is 402 g/mol. The second-order valence-corrected chi connectivity index (χ2v) is 11.6. The van der Waals surface area contributed by atoms with Gasteiger partial charge in [0.1, 0.15) is 4.60 Å². The van der Waals surface area contributed by atoms with E-state index < -0.39 is 9.84 Å². The lowest BCUT2D eigenvalue weighted by Crippen LogP contribution is -2.51. The minimum atomic E-state index is -2.72. The first kappa shape index (κ1) is 18.0. The van der Waals surface area contributed by atoms with E-state index in [-0.39, 0.29) is 5.41 Å². The number of aromatic nitrogens is 2. The van der Waals surface area contributed by atoms with Gasteiger partial charge in [0.25, 0.3) is 0 Å². The molecule has 0 aromatic carbocycles. The third-order valence-corrected chi connectivity index (χ3v) is 8.87. The van der Waals surface area contributed by atoms with Crippen molar-refractivity contribution in [3.63, 3.8) is 0 Å². The van der Waals surface area contributed by atoms with Gasteiger partial charge in [0.2, 0.25) is 0 Å². The SMILES string of the molecule is CC(C)n1nc(Br)cc1[C@H]1CC[C@H](N2CCC3(C2)CS(=O)(=O)C3)CC1. The first-order valence-corrected chi connectivity index (χ1v) is 12.1. The molecule has 0 atom stereocenters. The Balaban J connectivity index is 1.37. The van der Waals surface area contributed by atoms with Crippen LogP contribution in [0.1, 0.15) is 63.6 Å². The molecule has 140 valence electrons. The van der Waals surface area contributed by atoms with E-state index in [1.54, 1.807) is 0 Å². The van der Waals surface area contributed by atoms with E-state index in [4.69, 9.17) is 0 Å². The zero-order valence-corrected chi connectivity index (χ0v) is 17.5. The molecule has 1 aromatic heterocycles. The van der Waals surface area contributed by atoms with Crippen LogP contribution < -0.4 is 0 Å². The molecule has 1 saturated carbocycles. The summed E-state index contributed by atoms with van der Waals surface area (Å²) in [6.45, 7) is 6.45. The van der Waals surface area contributed by atoms with Crippen LogP contribution in [0.5, 0.6) is 0 Å². The molecule has 1 spiro atoms. The van der Waals surface area contributed by atoms with Gasteiger partial charge in [-0.1, -0.05) is 0 Å². The van der Waals surface area contributed by atoms with E-state index in [9.17, 15) is 8.42 Å². The van der Waals surface area contributed by atoms with E-state index in [1.165, 1.54) is 31.4 Å². The number of likely N-dealkylation sites (tertiary alicyclic amines) is 1. The van der Waals surface area contributed by atoms with E-state index in [1.807, 2.05) is 0 Å². The summed E-state index contributed by atoms with van der Waals surface area (Å²) in [5, 5.41) is 4.60. The zero-order valence-electron chi connectivity index (χ0n) is 15.1. The predicted octanol–water partition coefficient (Wildman–Crippen LogP) is 3.37. The molecule has 2 aliphatic heterocycles. The van der Waals surface area contributed by atoms with Gasteiger partial charge < -0.3 is 0 Å². The molecule has 0 amide bonds. The van der Waals surface area contributed by atoms with E-state index in [2.05, 4.69) is 50.5 Å². The van der Waals surface area contributed by atoms with Gasteiger partial charge >= 0.3 is 0 Å². The monoisotopic (exact) mass is 429 g/mol. The van der Waals surface area contributed by atoms with Gasteiger partial charge in [-0.25, -0.2) is 8.42 Å². The lowest BCUT2D eigenvalue weighted by molar-refractivity contribution is 0.162. The van der Waals surface area contributed by atoms with Crippen molar-refractivity contribution in [1.29, 1.82) is 0 Å². The summed E-state index contributed by atoms with van der Waals surface area (Å²) in [4.78, 5) is 2.58. The first-order valence-electron chi connectivity index (χ1n) is 9.46. The van der Waals surface area contributed by atoms with Gasteiger partial charge in [-0.05, 0) is 74.5 Å². The molecule has 3 fully saturated rings. The number of rotatable bonds is 3. The molecule has 1 aliphatic carbocycles. The summed E-state index contributed by atoms with van der Waals surface area (Å²) in [5.74, 6) is 1.44. The number of halogens is 1. The summed E-state index contributed by atoms with van der Waals surface area (Å²) in [6.07, 6.45) is 5.91. The second-order valence-electron chi connectivity index (χ2n) is 8.69. The van der Waals surface area contributed by atoms with Crippen molar-refractivity contribution in [2.45, 2.75) is 64.0 Å². The van der Waals surface area contributed by atoms with Gasteiger partial charge in [0.15, 0.2) is 9.84 Å². The van der Waals surface area contributed by atoms with Crippen LogP contribution in [0.15, 0.2) is 10.7 Å². The first-order chi connectivity index (χ1) is 11.8. The Morgan fingerprint density at radius 1 is 1.24 bits per heavy atom. The highest BCUT2D eigenvalue weighted by Gasteiger charge is 2.52. The fourth-order valence-corrected chi connectivity index (χ4v) is 7.90. The summed E-state index contributed by atoms with van der Waals surface area (Å²) in [6, 6.07) is 3.21. The Kier molecular flexibility index (Phi) is 4.56. The van der Waals surface area contributed by atoms with Crippen molar-refractivity contribution in [2.24, 2.45) is 5.41 Å². The van der Waals surface area contributed by atoms with Crippen LogP contribution in [0.2, 0.25) is 0 Å². The van der Waals surface area contributed by atoms with Crippen molar-refractivity contribution in [2.75, 3.05) is 24.6 Å². The summed E-state index contributed by atoms with van der Waals surface area (Å²) in [5.41, 5.74) is 1.46. The molecule has 7 heteroatoms. The summed E-state index contributed by atoms with van der Waals surface area (Å²) < 4.78 is 26.3. The Hall–Kier alpha value is -0.400. The molecule has 0 radical (unpaired) electrons. The van der Waals surface area contributed by atoms with Gasteiger partial charge in [-0.15, -0.1) is 0 Å². The maximum atomic E-state index is 11.6. The number of hydrogen-bond acceptors (Lipinski definition) is 4. The van der Waals surface area contributed by atoms with Crippen LogP contribution >= 0.6 is 15.9 Å². The molecule has 25 heavy (non-hydrogen) atoms. The Morgan fingerprint density at radius 3 is 2.52 bits per heavy atom. The highest BCUT2D eigenvalue weighted by atomic mass is 79.9. The van der Waals surface area contributed by atoms with Crippen LogP contribution in [-0.4, -0.2) is 53.7 Å². The fraction of sp³-hybridized carbons (Fsp3) is 0.833. The lowest BCUT2D eigenvalue weighted by atomic mass is 9.83. The van der Waals surface area contributed by atoms with Crippen LogP contribution in [0.4, 0.5) is 0 Å². The highest BCUT2D eigenvalue weighted by molar-refractivity contribution is 9.10. The van der Waals surface area contributed by atoms with Gasteiger partial charge in [-0.3, -0.25) is 9.58 Å². The highest BCUT2D eigenvalue weighted by Crippen LogP contribution is 2.44. The standard InChI is InChI=1S/C18H28BrN3O2S/c1-13(2)22-16(9-17(19)20-22)14-3-5-15(6-4-14)21-8-7-18(10-21)11-25(23,24)12-18/h9,13-15H,3-8,10-12H2,1-2H3/t14-,15-. The predicted molar refractivity (Wildman–Crippen MR) is 103 cm³/mol. The van der Waals surface area contributed by atoms with Crippen molar-refractivity contribution in [3.05, 3.63) is 16.4 Å². The average Bonchev–Trinajstić information content (AvgIpc) is 3.11. The van der Waals surface area contributed by atoms with E-state index >= 15 is 0 Å². The lowest BCUT2D eigenvalue weighted by Gasteiger charge is -2.40. The summed E-state index contributed by atoms with van der Waals surface area (Å²) >= 11 is 3.53. The Labute approximate surface area is 159 Å². The average molecular weight is 430 g/mol. The molecule has 3 heterocycles. The van der Waals surface area contributed by atoms with Crippen LogP contribution in [-0.2, 0) is 9.84 Å².